The molecule has 0 spiro atoms. The highest BCUT2D eigenvalue weighted by atomic mass is 16.6. The number of fused-ring (bicyclic) bond motifs is 1. The van der Waals surface area contributed by atoms with Crippen LogP contribution in [-0.4, -0.2) is 24.3 Å². The molecule has 0 radical (unpaired) electrons. The van der Waals surface area contributed by atoms with Gasteiger partial charge in [0.25, 0.3) is 0 Å². The van der Waals surface area contributed by atoms with Crippen molar-refractivity contribution in [1.82, 2.24) is 5.16 Å². The van der Waals surface area contributed by atoms with E-state index in [4.69, 9.17) is 18.7 Å². The molecule has 1 aliphatic heterocycles. The molecule has 2 aromatic carbocycles. The molecule has 0 saturated carbocycles. The zero-order valence-electron chi connectivity index (χ0n) is 14.4. The Morgan fingerprint density at radius 3 is 2.46 bits per heavy atom. The Bertz CT molecular complexity index is 956. The first-order valence-electron chi connectivity index (χ1n) is 8.26. The van der Waals surface area contributed by atoms with E-state index < -0.39 is 5.97 Å². The molecule has 4 rings (SSSR count). The first kappa shape index (κ1) is 16.2. The Morgan fingerprint density at radius 1 is 0.962 bits per heavy atom. The SMILES string of the molecule is Cc1cc(C)cc(OC(=O)c2cc(-c3ccc4c(c3)OCCO4)on2)c1. The van der Waals surface area contributed by atoms with E-state index in [1.165, 1.54) is 0 Å². The average molecular weight is 351 g/mol. The molecule has 3 aromatic rings. The number of esters is 1. The first-order chi connectivity index (χ1) is 12.6. The standard InChI is InChI=1S/C20H17NO5/c1-12-7-13(2)9-15(8-12)25-20(22)16-11-18(26-21-16)14-3-4-17-19(10-14)24-6-5-23-17/h3-4,7-11H,5-6H2,1-2H3. The lowest BCUT2D eigenvalue weighted by molar-refractivity contribution is 0.0724. The summed E-state index contributed by atoms with van der Waals surface area (Å²) in [4.78, 5) is 12.3. The third-order valence-corrected chi connectivity index (χ3v) is 3.95. The Labute approximate surface area is 150 Å². The molecule has 0 atom stereocenters. The normalized spacial score (nSPS) is 12.7. The molecule has 26 heavy (non-hydrogen) atoms. The van der Waals surface area contributed by atoms with Crippen molar-refractivity contribution in [2.24, 2.45) is 0 Å². The highest BCUT2D eigenvalue weighted by Crippen LogP contribution is 2.34. The lowest BCUT2D eigenvalue weighted by Crippen LogP contribution is -2.15. The van der Waals surface area contributed by atoms with Crippen molar-refractivity contribution in [3.8, 4) is 28.6 Å². The molecule has 0 amide bonds. The van der Waals surface area contributed by atoms with Crippen molar-refractivity contribution < 1.29 is 23.5 Å². The summed E-state index contributed by atoms with van der Waals surface area (Å²) in [5.41, 5.74) is 2.89. The highest BCUT2D eigenvalue weighted by molar-refractivity contribution is 5.90. The van der Waals surface area contributed by atoms with Gasteiger partial charge in [0.05, 0.1) is 0 Å². The second kappa shape index (κ2) is 6.55. The van der Waals surface area contributed by atoms with Gasteiger partial charge in [0.2, 0.25) is 0 Å². The van der Waals surface area contributed by atoms with Crippen LogP contribution < -0.4 is 14.2 Å². The van der Waals surface area contributed by atoms with E-state index in [2.05, 4.69) is 5.16 Å². The first-order valence-corrected chi connectivity index (χ1v) is 8.26. The monoisotopic (exact) mass is 351 g/mol. The number of aryl methyl sites for hydroxylation is 2. The van der Waals surface area contributed by atoms with E-state index >= 15 is 0 Å². The molecule has 0 unspecified atom stereocenters. The van der Waals surface area contributed by atoms with E-state index in [1.807, 2.05) is 26.0 Å². The van der Waals surface area contributed by atoms with Crippen LogP contribution in [0.4, 0.5) is 0 Å². The second-order valence-corrected chi connectivity index (χ2v) is 6.15. The highest BCUT2D eigenvalue weighted by Gasteiger charge is 2.18. The van der Waals surface area contributed by atoms with Crippen molar-refractivity contribution in [3.63, 3.8) is 0 Å². The summed E-state index contributed by atoms with van der Waals surface area (Å²) < 4.78 is 21.8. The maximum atomic E-state index is 12.3. The smallest absolute Gasteiger partial charge is 0.365 e. The molecule has 6 heteroatoms. The van der Waals surface area contributed by atoms with Crippen LogP contribution in [0.5, 0.6) is 17.2 Å². The maximum Gasteiger partial charge on any atom is 0.365 e. The lowest BCUT2D eigenvalue weighted by Gasteiger charge is -2.18. The molecular formula is C20H17NO5. The molecule has 1 aromatic heterocycles. The van der Waals surface area contributed by atoms with E-state index in [0.717, 1.165) is 16.7 Å². The van der Waals surface area contributed by atoms with Crippen LogP contribution in [0.25, 0.3) is 11.3 Å². The van der Waals surface area contributed by atoms with E-state index in [9.17, 15) is 4.79 Å². The van der Waals surface area contributed by atoms with Gasteiger partial charge in [-0.3, -0.25) is 0 Å². The fourth-order valence-electron chi connectivity index (χ4n) is 2.86. The summed E-state index contributed by atoms with van der Waals surface area (Å²) in [5.74, 6) is 1.70. The number of benzene rings is 2. The molecule has 6 nitrogen and oxygen atoms in total. The summed E-state index contributed by atoms with van der Waals surface area (Å²) >= 11 is 0. The Hall–Kier alpha value is -3.28. The minimum Gasteiger partial charge on any atom is -0.486 e. The van der Waals surface area contributed by atoms with Gasteiger partial charge in [-0.05, 0) is 55.3 Å². The Morgan fingerprint density at radius 2 is 1.69 bits per heavy atom. The molecule has 132 valence electrons. The summed E-state index contributed by atoms with van der Waals surface area (Å²) in [6.45, 7) is 4.92. The number of carbonyl (C=O) groups is 1. The van der Waals surface area contributed by atoms with Gasteiger partial charge in [-0.25, -0.2) is 4.79 Å². The van der Waals surface area contributed by atoms with E-state index in [-0.39, 0.29) is 5.69 Å². The maximum absolute atomic E-state index is 12.3. The summed E-state index contributed by atoms with van der Waals surface area (Å²) in [6, 6.07) is 12.6. The van der Waals surface area contributed by atoms with Gasteiger partial charge >= 0.3 is 5.97 Å². The molecule has 0 fully saturated rings. The number of aromatic nitrogens is 1. The second-order valence-electron chi connectivity index (χ2n) is 6.15. The fraction of sp³-hybridized carbons (Fsp3) is 0.200. The zero-order chi connectivity index (χ0) is 18.1. The summed E-state index contributed by atoms with van der Waals surface area (Å²) in [6.07, 6.45) is 0. The van der Waals surface area contributed by atoms with Gasteiger partial charge in [-0.2, -0.15) is 0 Å². The minimum absolute atomic E-state index is 0.106. The molecular weight excluding hydrogens is 334 g/mol. The summed E-state index contributed by atoms with van der Waals surface area (Å²) in [7, 11) is 0. The molecule has 1 aliphatic rings. The molecule has 2 heterocycles. The minimum atomic E-state index is -0.567. The van der Waals surface area contributed by atoms with Crippen LogP contribution in [0.15, 0.2) is 47.0 Å². The number of ether oxygens (including phenoxy) is 3. The van der Waals surface area contributed by atoms with Gasteiger partial charge in [-0.15, -0.1) is 0 Å². The molecule has 0 aliphatic carbocycles. The number of nitrogens with zero attached hydrogens (tertiary/aromatic N) is 1. The largest absolute Gasteiger partial charge is 0.486 e. The number of carbonyl (C=O) groups excluding carboxylic acids is 1. The van der Waals surface area contributed by atoms with Gasteiger partial charge in [0, 0.05) is 11.6 Å². The Balaban J connectivity index is 1.55. The van der Waals surface area contributed by atoms with Crippen LogP contribution in [0, 0.1) is 13.8 Å². The van der Waals surface area contributed by atoms with Gasteiger partial charge in [-0.1, -0.05) is 11.2 Å². The predicted octanol–water partition coefficient (Wildman–Crippen LogP) is 3.95. The molecule has 0 bridgehead atoms. The zero-order valence-corrected chi connectivity index (χ0v) is 14.4. The van der Waals surface area contributed by atoms with Crippen LogP contribution >= 0.6 is 0 Å². The predicted molar refractivity (Wildman–Crippen MR) is 93.8 cm³/mol. The van der Waals surface area contributed by atoms with Crippen molar-refractivity contribution in [1.29, 1.82) is 0 Å². The van der Waals surface area contributed by atoms with Gasteiger partial charge in [0.15, 0.2) is 23.0 Å². The lowest BCUT2D eigenvalue weighted by atomic mass is 10.1. The number of hydrogen-bond acceptors (Lipinski definition) is 6. The average Bonchev–Trinajstić information content (AvgIpc) is 3.11. The molecule has 0 N–H and O–H groups in total. The number of hydrogen-bond donors (Lipinski definition) is 0. The van der Waals surface area contributed by atoms with Gasteiger partial charge in [0.1, 0.15) is 19.0 Å². The van der Waals surface area contributed by atoms with Crippen molar-refractivity contribution in [2.75, 3.05) is 13.2 Å². The van der Waals surface area contributed by atoms with Gasteiger partial charge < -0.3 is 18.7 Å². The van der Waals surface area contributed by atoms with Crippen LogP contribution in [-0.2, 0) is 0 Å². The van der Waals surface area contributed by atoms with Crippen LogP contribution in [0.2, 0.25) is 0 Å². The Kier molecular flexibility index (Phi) is 4.08. The van der Waals surface area contributed by atoms with E-state index in [1.54, 1.807) is 30.3 Å². The van der Waals surface area contributed by atoms with Crippen LogP contribution in [0.1, 0.15) is 21.6 Å². The quantitative estimate of drug-likeness (QED) is 0.526. The third kappa shape index (κ3) is 3.26. The fourth-order valence-corrected chi connectivity index (χ4v) is 2.86. The van der Waals surface area contributed by atoms with Crippen molar-refractivity contribution >= 4 is 5.97 Å². The molecule has 0 saturated heterocycles. The topological polar surface area (TPSA) is 70.8 Å². The van der Waals surface area contributed by atoms with Crippen molar-refractivity contribution in [2.45, 2.75) is 13.8 Å². The van der Waals surface area contributed by atoms with Crippen LogP contribution in [0.3, 0.4) is 0 Å². The van der Waals surface area contributed by atoms with Crippen molar-refractivity contribution in [3.05, 3.63) is 59.3 Å². The number of rotatable bonds is 3. The summed E-state index contributed by atoms with van der Waals surface area (Å²) in [5, 5.41) is 3.82. The van der Waals surface area contributed by atoms with E-state index in [0.29, 0.717) is 36.2 Å². The third-order valence-electron chi connectivity index (χ3n) is 3.95.